The SMILES string of the molecule is CCOC(=O)c1c(CC(C)C)csc1NC(=O)Cn1nc(C(=O)O)c2ccccc2c1=O. The Labute approximate surface area is 187 Å². The van der Waals surface area contributed by atoms with Crippen molar-refractivity contribution in [3.05, 3.63) is 56.8 Å². The summed E-state index contributed by atoms with van der Waals surface area (Å²) < 4.78 is 5.96. The standard InChI is InChI=1S/C22H23N3O6S/c1-4-31-22(30)17-13(9-12(2)3)11-32-19(17)23-16(26)10-25-20(27)15-8-6-5-7-14(15)18(24-25)21(28)29/h5-8,11-12H,4,9-10H2,1-3H3,(H,23,26)(H,28,29). The van der Waals surface area contributed by atoms with E-state index in [2.05, 4.69) is 10.4 Å². The van der Waals surface area contributed by atoms with E-state index >= 15 is 0 Å². The molecule has 0 atom stereocenters. The molecule has 1 amide bonds. The molecule has 0 bridgehead atoms. The molecule has 0 aliphatic heterocycles. The molecule has 2 N–H and O–H groups in total. The molecule has 1 aromatic carbocycles. The molecule has 0 fully saturated rings. The molecule has 0 saturated heterocycles. The molecule has 0 unspecified atom stereocenters. The van der Waals surface area contributed by atoms with Gasteiger partial charge in [-0.05, 0) is 36.3 Å². The van der Waals surface area contributed by atoms with E-state index in [0.717, 1.165) is 10.2 Å². The monoisotopic (exact) mass is 457 g/mol. The number of carbonyl (C=O) groups is 3. The minimum absolute atomic E-state index is 0.148. The van der Waals surface area contributed by atoms with Crippen LogP contribution in [0.1, 0.15) is 47.2 Å². The van der Waals surface area contributed by atoms with E-state index in [1.165, 1.54) is 23.5 Å². The van der Waals surface area contributed by atoms with Gasteiger partial charge in [0, 0.05) is 5.39 Å². The van der Waals surface area contributed by atoms with Crippen molar-refractivity contribution in [2.45, 2.75) is 33.7 Å². The highest BCUT2D eigenvalue weighted by molar-refractivity contribution is 7.15. The number of hydrogen-bond acceptors (Lipinski definition) is 7. The summed E-state index contributed by atoms with van der Waals surface area (Å²) in [5, 5.41) is 18.4. The van der Waals surface area contributed by atoms with Crippen molar-refractivity contribution < 1.29 is 24.2 Å². The van der Waals surface area contributed by atoms with Gasteiger partial charge in [0.1, 0.15) is 11.5 Å². The van der Waals surface area contributed by atoms with E-state index in [0.29, 0.717) is 17.0 Å². The van der Waals surface area contributed by atoms with Gasteiger partial charge in [-0.2, -0.15) is 5.10 Å². The number of anilines is 1. The lowest BCUT2D eigenvalue weighted by Crippen LogP contribution is -2.31. The molecule has 0 spiro atoms. The number of thiophene rings is 1. The van der Waals surface area contributed by atoms with Gasteiger partial charge in [0.15, 0.2) is 5.69 Å². The predicted molar refractivity (Wildman–Crippen MR) is 120 cm³/mol. The largest absolute Gasteiger partial charge is 0.476 e. The van der Waals surface area contributed by atoms with Gasteiger partial charge in [-0.3, -0.25) is 9.59 Å². The maximum absolute atomic E-state index is 12.7. The Bertz CT molecular complexity index is 1240. The Morgan fingerprint density at radius 2 is 1.91 bits per heavy atom. The maximum atomic E-state index is 12.7. The summed E-state index contributed by atoms with van der Waals surface area (Å²) in [4.78, 5) is 49.5. The van der Waals surface area contributed by atoms with Crippen LogP contribution in [0, 0.1) is 5.92 Å². The van der Waals surface area contributed by atoms with E-state index in [1.54, 1.807) is 24.4 Å². The summed E-state index contributed by atoms with van der Waals surface area (Å²) in [6.45, 7) is 5.41. The van der Waals surface area contributed by atoms with E-state index in [-0.39, 0.29) is 29.0 Å². The van der Waals surface area contributed by atoms with Gasteiger partial charge in [-0.25, -0.2) is 14.3 Å². The Morgan fingerprint density at radius 3 is 2.53 bits per heavy atom. The third kappa shape index (κ3) is 4.86. The molecular formula is C22H23N3O6S. The minimum Gasteiger partial charge on any atom is -0.476 e. The highest BCUT2D eigenvalue weighted by atomic mass is 32.1. The summed E-state index contributed by atoms with van der Waals surface area (Å²) in [5.74, 6) is -2.17. The van der Waals surface area contributed by atoms with Crippen LogP contribution in [0.15, 0.2) is 34.4 Å². The molecule has 0 aliphatic rings. The number of nitrogens with one attached hydrogen (secondary N) is 1. The summed E-state index contributed by atoms with van der Waals surface area (Å²) in [5.41, 5.74) is 0.158. The average molecular weight is 458 g/mol. The van der Waals surface area contributed by atoms with Crippen molar-refractivity contribution >= 4 is 45.0 Å². The number of aromatic carboxylic acids is 1. The third-order valence-electron chi connectivity index (χ3n) is 4.59. The van der Waals surface area contributed by atoms with Crippen LogP contribution in [0.3, 0.4) is 0 Å². The average Bonchev–Trinajstić information content (AvgIpc) is 3.11. The lowest BCUT2D eigenvalue weighted by atomic mass is 10.0. The van der Waals surface area contributed by atoms with Crippen LogP contribution >= 0.6 is 11.3 Å². The van der Waals surface area contributed by atoms with Crippen LogP contribution in [-0.2, 0) is 22.5 Å². The number of benzene rings is 1. The number of ether oxygens (including phenoxy) is 1. The van der Waals surface area contributed by atoms with E-state index in [1.807, 2.05) is 13.8 Å². The number of carboxylic acid groups (broad SMARTS) is 1. The molecule has 168 valence electrons. The second-order valence-electron chi connectivity index (χ2n) is 7.49. The van der Waals surface area contributed by atoms with Crippen molar-refractivity contribution in [1.29, 1.82) is 0 Å². The number of aromatic nitrogens is 2. The zero-order valence-corrected chi connectivity index (χ0v) is 18.7. The van der Waals surface area contributed by atoms with Gasteiger partial charge in [-0.15, -0.1) is 11.3 Å². The lowest BCUT2D eigenvalue weighted by molar-refractivity contribution is -0.117. The Morgan fingerprint density at radius 1 is 1.22 bits per heavy atom. The first-order valence-electron chi connectivity index (χ1n) is 10.0. The molecule has 3 rings (SSSR count). The second kappa shape index (κ2) is 9.73. The third-order valence-corrected chi connectivity index (χ3v) is 5.54. The number of amides is 1. The molecule has 9 nitrogen and oxygen atoms in total. The van der Waals surface area contributed by atoms with Gasteiger partial charge >= 0.3 is 11.9 Å². The zero-order valence-electron chi connectivity index (χ0n) is 17.9. The van der Waals surface area contributed by atoms with Crippen molar-refractivity contribution in [3.63, 3.8) is 0 Å². The first-order valence-corrected chi connectivity index (χ1v) is 10.9. The molecule has 0 saturated carbocycles. The summed E-state index contributed by atoms with van der Waals surface area (Å²) in [7, 11) is 0. The second-order valence-corrected chi connectivity index (χ2v) is 8.37. The fourth-order valence-corrected chi connectivity index (χ4v) is 4.28. The zero-order chi connectivity index (χ0) is 23.4. The number of carboxylic acids is 1. The molecule has 0 radical (unpaired) electrons. The van der Waals surface area contributed by atoms with Gasteiger partial charge in [0.05, 0.1) is 17.6 Å². The van der Waals surface area contributed by atoms with Gasteiger partial charge < -0.3 is 15.2 Å². The van der Waals surface area contributed by atoms with Gasteiger partial charge in [0.2, 0.25) is 5.91 Å². The maximum Gasteiger partial charge on any atom is 0.357 e. The van der Waals surface area contributed by atoms with Crippen molar-refractivity contribution in [3.8, 4) is 0 Å². The van der Waals surface area contributed by atoms with Crippen LogP contribution in [-0.4, -0.2) is 39.3 Å². The van der Waals surface area contributed by atoms with E-state index in [9.17, 15) is 24.3 Å². The highest BCUT2D eigenvalue weighted by Gasteiger charge is 2.23. The van der Waals surface area contributed by atoms with Crippen molar-refractivity contribution in [2.24, 2.45) is 5.92 Å². The Kier molecular flexibility index (Phi) is 7.04. The summed E-state index contributed by atoms with van der Waals surface area (Å²) in [6, 6.07) is 6.18. The number of carbonyl (C=O) groups excluding carboxylic acids is 2. The van der Waals surface area contributed by atoms with Crippen LogP contribution in [0.25, 0.3) is 10.8 Å². The van der Waals surface area contributed by atoms with Crippen LogP contribution in [0.2, 0.25) is 0 Å². The van der Waals surface area contributed by atoms with Crippen molar-refractivity contribution in [2.75, 3.05) is 11.9 Å². The molecule has 2 heterocycles. The number of hydrogen-bond donors (Lipinski definition) is 2. The molecular weight excluding hydrogens is 434 g/mol. The summed E-state index contributed by atoms with van der Waals surface area (Å²) >= 11 is 1.19. The van der Waals surface area contributed by atoms with E-state index < -0.39 is 29.9 Å². The van der Waals surface area contributed by atoms with Gasteiger partial charge in [0.25, 0.3) is 5.56 Å². The van der Waals surface area contributed by atoms with Crippen molar-refractivity contribution in [1.82, 2.24) is 9.78 Å². The fraction of sp³-hybridized carbons (Fsp3) is 0.318. The van der Waals surface area contributed by atoms with E-state index in [4.69, 9.17) is 4.74 Å². The molecule has 10 heteroatoms. The number of rotatable bonds is 8. The predicted octanol–water partition coefficient (Wildman–Crippen LogP) is 3.17. The fourth-order valence-electron chi connectivity index (χ4n) is 3.31. The highest BCUT2D eigenvalue weighted by Crippen LogP contribution is 2.31. The quantitative estimate of drug-likeness (QED) is 0.497. The summed E-state index contributed by atoms with van der Waals surface area (Å²) in [6.07, 6.45) is 0.633. The number of esters is 1. The van der Waals surface area contributed by atoms with Crippen LogP contribution in [0.4, 0.5) is 5.00 Å². The Balaban J connectivity index is 1.93. The Hall–Kier alpha value is -3.53. The first-order chi connectivity index (χ1) is 15.2. The molecule has 32 heavy (non-hydrogen) atoms. The lowest BCUT2D eigenvalue weighted by Gasteiger charge is -2.11. The topological polar surface area (TPSA) is 128 Å². The normalized spacial score (nSPS) is 11.0. The molecule has 2 aromatic heterocycles. The molecule has 3 aromatic rings. The minimum atomic E-state index is -1.31. The smallest absolute Gasteiger partial charge is 0.357 e. The van der Waals surface area contributed by atoms with Crippen LogP contribution < -0.4 is 10.9 Å². The first kappa shape index (κ1) is 23.1. The number of nitrogens with zero attached hydrogens (tertiary/aromatic N) is 2. The van der Waals surface area contributed by atoms with Crippen LogP contribution in [0.5, 0.6) is 0 Å². The number of fused-ring (bicyclic) bond motifs is 1. The van der Waals surface area contributed by atoms with Gasteiger partial charge in [-0.1, -0.05) is 32.0 Å². The molecule has 0 aliphatic carbocycles.